The Balaban J connectivity index is 2.09. The molecular formula is C18H26O4. The number of benzene rings is 1. The Hall–Kier alpha value is -1.97. The average Bonchev–Trinajstić information content (AvgIpc) is 2.51. The monoisotopic (exact) mass is 306 g/mol. The topological polar surface area (TPSA) is 44.8 Å². The van der Waals surface area contributed by atoms with Gasteiger partial charge in [-0.3, -0.25) is 0 Å². The van der Waals surface area contributed by atoms with E-state index in [9.17, 15) is 4.79 Å². The van der Waals surface area contributed by atoms with Crippen LogP contribution >= 0.6 is 0 Å². The number of hydrogen-bond donors (Lipinski definition) is 0. The van der Waals surface area contributed by atoms with Crippen molar-refractivity contribution in [1.82, 2.24) is 0 Å². The van der Waals surface area contributed by atoms with E-state index in [-0.39, 0.29) is 5.97 Å². The molecule has 0 aliphatic heterocycles. The van der Waals surface area contributed by atoms with E-state index in [0.717, 1.165) is 37.2 Å². The highest BCUT2D eigenvalue weighted by molar-refractivity contribution is 5.86. The molecule has 1 rings (SSSR count). The molecular weight excluding hydrogens is 280 g/mol. The molecule has 0 aliphatic rings. The maximum absolute atomic E-state index is 11.2. The summed E-state index contributed by atoms with van der Waals surface area (Å²) in [6.45, 7) is 8.90. The summed E-state index contributed by atoms with van der Waals surface area (Å²) in [5.74, 6) is 1.27. The van der Waals surface area contributed by atoms with Crippen molar-refractivity contribution in [2.24, 2.45) is 0 Å². The Bertz CT molecular complexity index is 468. The van der Waals surface area contributed by atoms with Gasteiger partial charge in [-0.1, -0.05) is 18.7 Å². The number of esters is 1. The molecule has 22 heavy (non-hydrogen) atoms. The summed E-state index contributed by atoms with van der Waals surface area (Å²) in [5.41, 5.74) is 0.446. The van der Waals surface area contributed by atoms with Crippen LogP contribution in [0.3, 0.4) is 0 Å². The van der Waals surface area contributed by atoms with E-state index in [2.05, 4.69) is 6.58 Å². The van der Waals surface area contributed by atoms with Gasteiger partial charge in [0.15, 0.2) is 11.5 Å². The van der Waals surface area contributed by atoms with Gasteiger partial charge in [0, 0.05) is 5.57 Å². The lowest BCUT2D eigenvalue weighted by Crippen LogP contribution is -2.06. The van der Waals surface area contributed by atoms with Crippen LogP contribution in [0.2, 0.25) is 0 Å². The molecule has 0 saturated carbocycles. The van der Waals surface area contributed by atoms with Crippen molar-refractivity contribution >= 4 is 5.97 Å². The average molecular weight is 306 g/mol. The lowest BCUT2D eigenvalue weighted by molar-refractivity contribution is -0.139. The van der Waals surface area contributed by atoms with Gasteiger partial charge in [0.2, 0.25) is 0 Å². The summed E-state index contributed by atoms with van der Waals surface area (Å²) in [5, 5.41) is 0. The molecule has 4 nitrogen and oxygen atoms in total. The second kappa shape index (κ2) is 10.7. The first-order valence-corrected chi connectivity index (χ1v) is 7.82. The number of unbranched alkanes of at least 4 members (excludes halogenated alkanes) is 3. The number of rotatable bonds is 11. The van der Waals surface area contributed by atoms with Crippen LogP contribution < -0.4 is 9.47 Å². The molecule has 0 unspecified atom stereocenters. The van der Waals surface area contributed by atoms with Crippen LogP contribution in [0.4, 0.5) is 0 Å². The molecule has 1 aromatic carbocycles. The van der Waals surface area contributed by atoms with Crippen LogP contribution in [0.1, 0.15) is 39.5 Å². The molecule has 0 spiro atoms. The molecule has 0 aromatic heterocycles. The number of ether oxygens (including phenoxy) is 3. The Kier molecular flexibility index (Phi) is 8.80. The summed E-state index contributed by atoms with van der Waals surface area (Å²) >= 11 is 0. The molecule has 0 atom stereocenters. The lowest BCUT2D eigenvalue weighted by atomic mass is 10.2. The number of para-hydroxylation sites is 2. The van der Waals surface area contributed by atoms with Crippen molar-refractivity contribution in [2.75, 3.05) is 19.8 Å². The third kappa shape index (κ3) is 7.16. The molecule has 0 amide bonds. The number of hydrogen-bond acceptors (Lipinski definition) is 4. The predicted octanol–water partition coefficient (Wildman–Crippen LogP) is 4.14. The zero-order chi connectivity index (χ0) is 16.2. The second-order valence-electron chi connectivity index (χ2n) is 5.06. The lowest BCUT2D eigenvalue weighted by Gasteiger charge is -2.11. The van der Waals surface area contributed by atoms with Crippen LogP contribution in [0.25, 0.3) is 0 Å². The maximum Gasteiger partial charge on any atom is 0.333 e. The van der Waals surface area contributed by atoms with Crippen molar-refractivity contribution in [3.63, 3.8) is 0 Å². The van der Waals surface area contributed by atoms with E-state index < -0.39 is 0 Å². The molecule has 0 N–H and O–H groups in total. The number of carbonyl (C=O) groups is 1. The molecule has 0 heterocycles. The first-order chi connectivity index (χ1) is 10.6. The molecule has 122 valence electrons. The third-order valence-electron chi connectivity index (χ3n) is 3.03. The summed E-state index contributed by atoms with van der Waals surface area (Å²) in [6, 6.07) is 7.70. The Morgan fingerprint density at radius 1 is 1.00 bits per heavy atom. The second-order valence-corrected chi connectivity index (χ2v) is 5.06. The minimum absolute atomic E-state index is 0.309. The SMILES string of the molecule is C=C(C)C(=O)OCCCCCCOc1ccccc1OCC. The first-order valence-electron chi connectivity index (χ1n) is 7.82. The highest BCUT2D eigenvalue weighted by atomic mass is 16.5. The first kappa shape index (κ1) is 18.1. The quantitative estimate of drug-likeness (QED) is 0.350. The van der Waals surface area contributed by atoms with Gasteiger partial charge in [-0.15, -0.1) is 0 Å². The highest BCUT2D eigenvalue weighted by Crippen LogP contribution is 2.26. The zero-order valence-corrected chi connectivity index (χ0v) is 13.6. The van der Waals surface area contributed by atoms with E-state index in [1.807, 2.05) is 31.2 Å². The smallest absolute Gasteiger partial charge is 0.333 e. The van der Waals surface area contributed by atoms with E-state index >= 15 is 0 Å². The largest absolute Gasteiger partial charge is 0.490 e. The van der Waals surface area contributed by atoms with Crippen LogP contribution in [0.5, 0.6) is 11.5 Å². The summed E-state index contributed by atoms with van der Waals surface area (Å²) in [7, 11) is 0. The standard InChI is InChI=1S/C18H26O4/c1-4-20-16-11-7-8-12-17(16)21-13-9-5-6-10-14-22-18(19)15(2)3/h7-8,11-12H,2,4-6,9-10,13-14H2,1,3H3. The van der Waals surface area contributed by atoms with Gasteiger partial charge in [0.1, 0.15) is 0 Å². The van der Waals surface area contributed by atoms with Crippen LogP contribution in [0, 0.1) is 0 Å². The van der Waals surface area contributed by atoms with Crippen molar-refractivity contribution in [2.45, 2.75) is 39.5 Å². The molecule has 0 aliphatic carbocycles. The molecule has 4 heteroatoms. The fourth-order valence-electron chi connectivity index (χ4n) is 1.87. The fraction of sp³-hybridized carbons (Fsp3) is 0.500. The van der Waals surface area contributed by atoms with Crippen LogP contribution in [-0.2, 0) is 9.53 Å². The highest BCUT2D eigenvalue weighted by Gasteiger charge is 2.03. The molecule has 0 saturated heterocycles. The van der Waals surface area contributed by atoms with Gasteiger partial charge in [0.25, 0.3) is 0 Å². The van der Waals surface area contributed by atoms with Gasteiger partial charge in [0.05, 0.1) is 19.8 Å². The molecule has 0 fully saturated rings. The van der Waals surface area contributed by atoms with Gasteiger partial charge in [-0.25, -0.2) is 4.79 Å². The summed E-state index contributed by atoms with van der Waals surface area (Å²) < 4.78 is 16.3. The van der Waals surface area contributed by atoms with Crippen molar-refractivity contribution < 1.29 is 19.0 Å². The van der Waals surface area contributed by atoms with E-state index in [1.165, 1.54) is 0 Å². The van der Waals surface area contributed by atoms with E-state index in [0.29, 0.717) is 25.4 Å². The predicted molar refractivity (Wildman–Crippen MR) is 87.3 cm³/mol. The Morgan fingerprint density at radius 2 is 1.59 bits per heavy atom. The van der Waals surface area contributed by atoms with Gasteiger partial charge < -0.3 is 14.2 Å². The summed E-state index contributed by atoms with van der Waals surface area (Å²) in [6.07, 6.45) is 3.89. The number of carbonyl (C=O) groups excluding carboxylic acids is 1. The van der Waals surface area contributed by atoms with Crippen molar-refractivity contribution in [3.05, 3.63) is 36.4 Å². The summed E-state index contributed by atoms with van der Waals surface area (Å²) in [4.78, 5) is 11.2. The maximum atomic E-state index is 11.2. The van der Waals surface area contributed by atoms with E-state index in [4.69, 9.17) is 14.2 Å². The van der Waals surface area contributed by atoms with Crippen LogP contribution in [-0.4, -0.2) is 25.8 Å². The zero-order valence-electron chi connectivity index (χ0n) is 13.6. The Morgan fingerprint density at radius 3 is 2.18 bits per heavy atom. The normalized spacial score (nSPS) is 10.1. The molecule has 0 radical (unpaired) electrons. The molecule has 0 bridgehead atoms. The minimum Gasteiger partial charge on any atom is -0.490 e. The minimum atomic E-state index is -0.309. The molecule has 1 aromatic rings. The van der Waals surface area contributed by atoms with Crippen LogP contribution in [0.15, 0.2) is 36.4 Å². The third-order valence-corrected chi connectivity index (χ3v) is 3.03. The fourth-order valence-corrected chi connectivity index (χ4v) is 1.87. The van der Waals surface area contributed by atoms with Crippen molar-refractivity contribution in [1.29, 1.82) is 0 Å². The van der Waals surface area contributed by atoms with Gasteiger partial charge >= 0.3 is 5.97 Å². The van der Waals surface area contributed by atoms with Gasteiger partial charge in [-0.05, 0) is 51.7 Å². The van der Waals surface area contributed by atoms with E-state index in [1.54, 1.807) is 6.92 Å². The van der Waals surface area contributed by atoms with Gasteiger partial charge in [-0.2, -0.15) is 0 Å². The Labute approximate surface area is 133 Å². The van der Waals surface area contributed by atoms with Crippen molar-refractivity contribution in [3.8, 4) is 11.5 Å².